The van der Waals surface area contributed by atoms with E-state index >= 15 is 0 Å². The number of rotatable bonds is 1. The molecule has 1 N–H and O–H groups in total. The van der Waals surface area contributed by atoms with Gasteiger partial charge in [-0.05, 0) is 38.5 Å². The molecule has 1 amide bonds. The van der Waals surface area contributed by atoms with Crippen molar-refractivity contribution in [3.05, 3.63) is 0 Å². The van der Waals surface area contributed by atoms with E-state index in [9.17, 15) is 4.79 Å². The first-order chi connectivity index (χ1) is 6.06. The van der Waals surface area contributed by atoms with E-state index in [0.29, 0.717) is 0 Å². The largest absolute Gasteiger partial charge is 0.453 e. The summed E-state index contributed by atoms with van der Waals surface area (Å²) in [6.07, 6.45) is 4.20. The molecule has 0 unspecified atom stereocenters. The van der Waals surface area contributed by atoms with Crippen LogP contribution in [0.1, 0.15) is 39.5 Å². The Balaban J connectivity index is 2.43. The Hall–Kier alpha value is -0.730. The summed E-state index contributed by atoms with van der Waals surface area (Å²) >= 11 is 0. The molecule has 3 heteroatoms. The Labute approximate surface area is 79.8 Å². The van der Waals surface area contributed by atoms with Crippen molar-refractivity contribution in [1.82, 2.24) is 5.32 Å². The summed E-state index contributed by atoms with van der Waals surface area (Å²) in [5, 5.41) is 2.90. The number of ether oxygens (including phenoxy) is 1. The van der Waals surface area contributed by atoms with Crippen molar-refractivity contribution in [1.29, 1.82) is 0 Å². The summed E-state index contributed by atoms with van der Waals surface area (Å²) in [6, 6.07) is 0. The van der Waals surface area contributed by atoms with Gasteiger partial charge in [0.25, 0.3) is 0 Å². The minimum Gasteiger partial charge on any atom is -0.453 e. The second-order valence-electron chi connectivity index (χ2n) is 4.36. The molecule has 0 atom stereocenters. The van der Waals surface area contributed by atoms with Gasteiger partial charge in [0.1, 0.15) is 0 Å². The van der Waals surface area contributed by atoms with Gasteiger partial charge < -0.3 is 10.1 Å². The molecule has 0 radical (unpaired) electrons. The highest BCUT2D eigenvalue weighted by atomic mass is 16.5. The lowest BCUT2D eigenvalue weighted by Gasteiger charge is -2.36. The van der Waals surface area contributed by atoms with Crippen LogP contribution in [0.4, 0.5) is 4.79 Å². The molecule has 0 spiro atoms. The molecule has 0 aromatic heterocycles. The molecular weight excluding hydrogens is 166 g/mol. The normalized spacial score (nSPS) is 33.9. The molecule has 1 fully saturated rings. The molecular formula is C10H19NO2. The standard InChI is InChI=1S/C10H19NO2/c1-8-4-6-10(2,7-5-8)11-9(12)13-3/h8H,4-7H2,1-3H3,(H,11,12). The van der Waals surface area contributed by atoms with Crippen molar-refractivity contribution in [2.24, 2.45) is 5.92 Å². The summed E-state index contributed by atoms with van der Waals surface area (Å²) in [6.45, 7) is 4.35. The maximum absolute atomic E-state index is 11.0. The van der Waals surface area contributed by atoms with E-state index < -0.39 is 0 Å². The monoisotopic (exact) mass is 185 g/mol. The maximum Gasteiger partial charge on any atom is 0.407 e. The summed E-state index contributed by atoms with van der Waals surface area (Å²) in [5.74, 6) is 0.799. The van der Waals surface area contributed by atoms with Crippen LogP contribution in [0.25, 0.3) is 0 Å². The lowest BCUT2D eigenvalue weighted by atomic mass is 9.78. The average Bonchev–Trinajstić information content (AvgIpc) is 2.10. The predicted octanol–water partition coefficient (Wildman–Crippen LogP) is 2.31. The minimum atomic E-state index is -0.308. The van der Waals surface area contributed by atoms with E-state index in [1.165, 1.54) is 20.0 Å². The van der Waals surface area contributed by atoms with E-state index in [2.05, 4.69) is 23.9 Å². The molecule has 0 aromatic carbocycles. The first-order valence-corrected chi connectivity index (χ1v) is 4.92. The predicted molar refractivity (Wildman–Crippen MR) is 51.6 cm³/mol. The zero-order chi connectivity index (χ0) is 9.90. The Morgan fingerprint density at radius 3 is 2.46 bits per heavy atom. The van der Waals surface area contributed by atoms with Gasteiger partial charge in [-0.15, -0.1) is 0 Å². The van der Waals surface area contributed by atoms with Crippen molar-refractivity contribution in [3.8, 4) is 0 Å². The van der Waals surface area contributed by atoms with Gasteiger partial charge in [-0.3, -0.25) is 0 Å². The Morgan fingerprint density at radius 2 is 2.00 bits per heavy atom. The summed E-state index contributed by atoms with van der Waals surface area (Å²) < 4.78 is 4.59. The van der Waals surface area contributed by atoms with Crippen molar-refractivity contribution in [2.45, 2.75) is 45.1 Å². The number of carbonyl (C=O) groups is 1. The van der Waals surface area contributed by atoms with E-state index in [1.54, 1.807) is 0 Å². The summed E-state index contributed by atoms with van der Waals surface area (Å²) in [4.78, 5) is 11.0. The molecule has 0 heterocycles. The lowest BCUT2D eigenvalue weighted by Crippen LogP contribution is -2.48. The molecule has 1 saturated carbocycles. The third-order valence-corrected chi connectivity index (χ3v) is 2.97. The van der Waals surface area contributed by atoms with Crippen LogP contribution in [-0.4, -0.2) is 18.7 Å². The third kappa shape index (κ3) is 2.90. The first-order valence-electron chi connectivity index (χ1n) is 4.92. The third-order valence-electron chi connectivity index (χ3n) is 2.97. The van der Waals surface area contributed by atoms with Crippen LogP contribution in [-0.2, 0) is 4.74 Å². The molecule has 1 aliphatic carbocycles. The van der Waals surface area contributed by atoms with Gasteiger partial charge in [0.15, 0.2) is 0 Å². The average molecular weight is 185 g/mol. The van der Waals surface area contributed by atoms with E-state index in [-0.39, 0.29) is 11.6 Å². The van der Waals surface area contributed by atoms with Crippen molar-refractivity contribution >= 4 is 6.09 Å². The second-order valence-corrected chi connectivity index (χ2v) is 4.36. The molecule has 13 heavy (non-hydrogen) atoms. The molecule has 0 bridgehead atoms. The molecule has 3 nitrogen and oxygen atoms in total. The lowest BCUT2D eigenvalue weighted by molar-refractivity contribution is 0.142. The highest BCUT2D eigenvalue weighted by Crippen LogP contribution is 2.31. The maximum atomic E-state index is 11.0. The second kappa shape index (κ2) is 3.99. The number of alkyl carbamates (subject to hydrolysis) is 1. The van der Waals surface area contributed by atoms with Crippen LogP contribution in [0.2, 0.25) is 0 Å². The van der Waals surface area contributed by atoms with Gasteiger partial charge in [-0.2, -0.15) is 0 Å². The number of methoxy groups -OCH3 is 1. The number of amides is 1. The minimum absolute atomic E-state index is 0.0421. The van der Waals surface area contributed by atoms with E-state index in [0.717, 1.165) is 18.8 Å². The number of hydrogen-bond acceptors (Lipinski definition) is 2. The highest BCUT2D eigenvalue weighted by molar-refractivity contribution is 5.67. The summed E-state index contributed by atoms with van der Waals surface area (Å²) in [7, 11) is 1.41. The van der Waals surface area contributed by atoms with Gasteiger partial charge in [-0.25, -0.2) is 4.79 Å². The zero-order valence-electron chi connectivity index (χ0n) is 8.72. The Kier molecular flexibility index (Phi) is 3.17. The van der Waals surface area contributed by atoms with Crippen LogP contribution in [0.15, 0.2) is 0 Å². The molecule has 76 valence electrons. The fraction of sp³-hybridized carbons (Fsp3) is 0.900. The Morgan fingerprint density at radius 1 is 1.46 bits per heavy atom. The van der Waals surface area contributed by atoms with Crippen LogP contribution in [0.5, 0.6) is 0 Å². The number of hydrogen-bond donors (Lipinski definition) is 1. The molecule has 1 aliphatic rings. The van der Waals surface area contributed by atoms with Gasteiger partial charge in [0.05, 0.1) is 7.11 Å². The molecule has 0 aliphatic heterocycles. The number of nitrogens with one attached hydrogen (secondary N) is 1. The van der Waals surface area contributed by atoms with Crippen molar-refractivity contribution < 1.29 is 9.53 Å². The van der Waals surface area contributed by atoms with Gasteiger partial charge in [-0.1, -0.05) is 6.92 Å². The van der Waals surface area contributed by atoms with Crippen LogP contribution in [0.3, 0.4) is 0 Å². The fourth-order valence-corrected chi connectivity index (χ4v) is 1.82. The molecule has 0 saturated heterocycles. The van der Waals surface area contributed by atoms with Gasteiger partial charge in [0, 0.05) is 5.54 Å². The highest BCUT2D eigenvalue weighted by Gasteiger charge is 2.31. The summed E-state index contributed by atoms with van der Waals surface area (Å²) in [5.41, 5.74) is -0.0421. The molecule has 1 rings (SSSR count). The SMILES string of the molecule is COC(=O)NC1(C)CCC(C)CC1. The van der Waals surface area contributed by atoms with Gasteiger partial charge >= 0.3 is 6.09 Å². The first kappa shape index (κ1) is 10.4. The fourth-order valence-electron chi connectivity index (χ4n) is 1.82. The van der Waals surface area contributed by atoms with Crippen molar-refractivity contribution in [2.75, 3.05) is 7.11 Å². The smallest absolute Gasteiger partial charge is 0.407 e. The van der Waals surface area contributed by atoms with Crippen LogP contribution >= 0.6 is 0 Å². The van der Waals surface area contributed by atoms with E-state index in [1.807, 2.05) is 0 Å². The number of carbonyl (C=O) groups excluding carboxylic acids is 1. The molecule has 0 aromatic rings. The van der Waals surface area contributed by atoms with Gasteiger partial charge in [0.2, 0.25) is 0 Å². The van der Waals surface area contributed by atoms with Crippen LogP contribution < -0.4 is 5.32 Å². The van der Waals surface area contributed by atoms with E-state index in [4.69, 9.17) is 0 Å². The quantitative estimate of drug-likeness (QED) is 0.680. The zero-order valence-corrected chi connectivity index (χ0v) is 8.72. The van der Waals surface area contributed by atoms with Crippen molar-refractivity contribution in [3.63, 3.8) is 0 Å². The Bertz CT molecular complexity index is 183. The topological polar surface area (TPSA) is 38.3 Å². The van der Waals surface area contributed by atoms with Crippen LogP contribution in [0, 0.1) is 5.92 Å².